The Morgan fingerprint density at radius 3 is 2.02 bits per heavy atom. The van der Waals surface area contributed by atoms with Gasteiger partial charge in [-0.3, -0.25) is 4.79 Å². The smallest absolute Gasteiger partial charge is 0.319 e. The van der Waals surface area contributed by atoms with Crippen molar-refractivity contribution in [3.63, 3.8) is 0 Å². The average molecular weight is 558 g/mol. The van der Waals surface area contributed by atoms with Gasteiger partial charge in [0.25, 0.3) is 0 Å². The lowest BCUT2D eigenvalue weighted by Gasteiger charge is -2.19. The molecular formula is C31H31N3O5S. The maximum atomic E-state index is 13.3. The second-order valence-electron chi connectivity index (χ2n) is 9.13. The number of urea groups is 1. The van der Waals surface area contributed by atoms with Gasteiger partial charge in [-0.1, -0.05) is 60.7 Å². The molecule has 0 aromatic heterocycles. The lowest BCUT2D eigenvalue weighted by molar-refractivity contribution is -0.117. The van der Waals surface area contributed by atoms with Crippen LogP contribution in [0.5, 0.6) is 5.75 Å². The molecule has 206 valence electrons. The molecule has 0 aliphatic heterocycles. The molecule has 9 heteroatoms. The highest BCUT2D eigenvalue weighted by Gasteiger charge is 2.22. The summed E-state index contributed by atoms with van der Waals surface area (Å²) in [6.45, 7) is 2.43. The van der Waals surface area contributed by atoms with Crippen LogP contribution in [0.15, 0.2) is 108 Å². The summed E-state index contributed by atoms with van der Waals surface area (Å²) in [5.41, 5.74) is 3.24. The minimum Gasteiger partial charge on any atom is -0.494 e. The van der Waals surface area contributed by atoms with E-state index in [4.69, 9.17) is 4.74 Å². The number of benzene rings is 4. The molecular weight excluding hydrogens is 526 g/mol. The Labute approximate surface area is 234 Å². The fourth-order valence-corrected chi connectivity index (χ4v) is 5.09. The Hall–Kier alpha value is -4.63. The van der Waals surface area contributed by atoms with Crippen LogP contribution < -0.4 is 20.7 Å². The summed E-state index contributed by atoms with van der Waals surface area (Å²) in [4.78, 5) is 26.4. The summed E-state index contributed by atoms with van der Waals surface area (Å²) >= 11 is 0. The van der Waals surface area contributed by atoms with Crippen LogP contribution in [0.4, 0.5) is 16.2 Å². The van der Waals surface area contributed by atoms with E-state index in [1.54, 1.807) is 72.8 Å². The third-order valence-corrected chi connectivity index (χ3v) is 7.23. The molecule has 8 nitrogen and oxygen atoms in total. The van der Waals surface area contributed by atoms with E-state index in [0.29, 0.717) is 34.9 Å². The molecule has 3 N–H and O–H groups in total. The van der Waals surface area contributed by atoms with Crippen molar-refractivity contribution in [2.75, 3.05) is 23.5 Å². The van der Waals surface area contributed by atoms with E-state index in [0.717, 1.165) is 5.56 Å². The molecule has 0 radical (unpaired) electrons. The molecule has 0 saturated heterocycles. The van der Waals surface area contributed by atoms with E-state index in [2.05, 4.69) is 16.0 Å². The SMILES string of the molecule is CCOc1ccc(NC(=O)N[C@H](Cc2ccccc2)C(=O)Nc2ccc(-c3ccccc3S(C)(=O)=O)cc2)cc1. The second-order valence-corrected chi connectivity index (χ2v) is 11.1. The van der Waals surface area contributed by atoms with Gasteiger partial charge in [0.15, 0.2) is 9.84 Å². The van der Waals surface area contributed by atoms with E-state index in [1.165, 1.54) is 6.26 Å². The van der Waals surface area contributed by atoms with Gasteiger partial charge in [-0.05, 0) is 60.5 Å². The van der Waals surface area contributed by atoms with E-state index in [9.17, 15) is 18.0 Å². The molecule has 4 aromatic rings. The van der Waals surface area contributed by atoms with Gasteiger partial charge in [-0.2, -0.15) is 0 Å². The highest BCUT2D eigenvalue weighted by Crippen LogP contribution is 2.28. The number of hydrogen-bond acceptors (Lipinski definition) is 5. The van der Waals surface area contributed by atoms with E-state index < -0.39 is 27.8 Å². The quantitative estimate of drug-likeness (QED) is 0.237. The van der Waals surface area contributed by atoms with Crippen LogP contribution in [0.1, 0.15) is 12.5 Å². The second kappa shape index (κ2) is 12.9. The molecule has 4 rings (SSSR count). The van der Waals surface area contributed by atoms with Crippen LogP contribution >= 0.6 is 0 Å². The molecule has 0 unspecified atom stereocenters. The third-order valence-electron chi connectivity index (χ3n) is 6.08. The van der Waals surface area contributed by atoms with Crippen molar-refractivity contribution in [2.45, 2.75) is 24.3 Å². The molecule has 0 bridgehead atoms. The summed E-state index contributed by atoms with van der Waals surface area (Å²) in [7, 11) is -3.41. The predicted octanol–water partition coefficient (Wildman–Crippen LogP) is 5.53. The fraction of sp³-hybridized carbons (Fsp3) is 0.161. The van der Waals surface area contributed by atoms with Crippen LogP contribution in [0.3, 0.4) is 0 Å². The number of amides is 3. The molecule has 0 spiro atoms. The molecule has 0 saturated carbocycles. The van der Waals surface area contributed by atoms with Crippen LogP contribution in [0.25, 0.3) is 11.1 Å². The van der Waals surface area contributed by atoms with Crippen molar-refractivity contribution >= 4 is 33.2 Å². The first-order valence-electron chi connectivity index (χ1n) is 12.8. The van der Waals surface area contributed by atoms with E-state index in [-0.39, 0.29) is 11.3 Å². The highest BCUT2D eigenvalue weighted by molar-refractivity contribution is 7.90. The maximum absolute atomic E-state index is 13.3. The van der Waals surface area contributed by atoms with Crippen molar-refractivity contribution in [1.29, 1.82) is 0 Å². The molecule has 0 heterocycles. The van der Waals surface area contributed by atoms with Crippen LogP contribution in [-0.2, 0) is 21.1 Å². The van der Waals surface area contributed by atoms with Crippen molar-refractivity contribution in [3.8, 4) is 16.9 Å². The predicted molar refractivity (Wildman–Crippen MR) is 157 cm³/mol. The first-order chi connectivity index (χ1) is 19.2. The summed E-state index contributed by atoms with van der Waals surface area (Å²) in [5, 5.41) is 8.39. The van der Waals surface area contributed by atoms with Crippen LogP contribution in [0, 0.1) is 0 Å². The Balaban J connectivity index is 1.48. The molecule has 3 amide bonds. The zero-order chi connectivity index (χ0) is 28.5. The molecule has 4 aromatic carbocycles. The van der Waals surface area contributed by atoms with Gasteiger partial charge < -0.3 is 20.7 Å². The van der Waals surface area contributed by atoms with Crippen molar-refractivity contribution in [2.24, 2.45) is 0 Å². The Morgan fingerprint density at radius 2 is 1.38 bits per heavy atom. The average Bonchev–Trinajstić information content (AvgIpc) is 2.94. The normalized spacial score (nSPS) is 11.8. The summed E-state index contributed by atoms with van der Waals surface area (Å²) in [6, 6.07) is 28.6. The number of anilines is 2. The number of sulfone groups is 1. The fourth-order valence-electron chi connectivity index (χ4n) is 4.18. The van der Waals surface area contributed by atoms with Gasteiger partial charge in [-0.25, -0.2) is 13.2 Å². The molecule has 40 heavy (non-hydrogen) atoms. The van der Waals surface area contributed by atoms with Gasteiger partial charge in [0.05, 0.1) is 11.5 Å². The Morgan fingerprint density at radius 1 is 0.775 bits per heavy atom. The van der Waals surface area contributed by atoms with Gasteiger partial charge in [-0.15, -0.1) is 0 Å². The van der Waals surface area contributed by atoms with Gasteiger partial charge in [0.2, 0.25) is 5.91 Å². The standard InChI is InChI=1S/C31H31N3O5S/c1-3-39-26-19-17-25(18-20-26)33-31(36)34-28(21-22-9-5-4-6-10-22)30(35)32-24-15-13-23(14-16-24)27-11-7-8-12-29(27)40(2,37)38/h4-20,28H,3,21H2,1-2H3,(H,32,35)(H2,33,34,36)/t28-/m1/s1. The minimum atomic E-state index is -3.41. The maximum Gasteiger partial charge on any atom is 0.319 e. The Kier molecular flexibility index (Phi) is 9.19. The topological polar surface area (TPSA) is 114 Å². The molecule has 0 fully saturated rings. The highest BCUT2D eigenvalue weighted by atomic mass is 32.2. The molecule has 0 aliphatic rings. The third kappa shape index (κ3) is 7.70. The van der Waals surface area contributed by atoms with Gasteiger partial charge in [0, 0.05) is 29.6 Å². The zero-order valence-electron chi connectivity index (χ0n) is 22.3. The molecule has 1 atom stereocenters. The first kappa shape index (κ1) is 28.4. The van der Waals surface area contributed by atoms with Gasteiger partial charge >= 0.3 is 6.03 Å². The number of ether oxygens (including phenoxy) is 1. The largest absolute Gasteiger partial charge is 0.494 e. The lowest BCUT2D eigenvalue weighted by Crippen LogP contribution is -2.46. The van der Waals surface area contributed by atoms with E-state index in [1.807, 2.05) is 37.3 Å². The first-order valence-corrected chi connectivity index (χ1v) is 14.7. The number of rotatable bonds is 10. The lowest BCUT2D eigenvalue weighted by atomic mass is 10.0. The number of carbonyl (C=O) groups is 2. The zero-order valence-corrected chi connectivity index (χ0v) is 23.1. The summed E-state index contributed by atoms with van der Waals surface area (Å²) in [6.07, 6.45) is 1.45. The van der Waals surface area contributed by atoms with Crippen molar-refractivity contribution < 1.29 is 22.7 Å². The molecule has 0 aliphatic carbocycles. The van der Waals surface area contributed by atoms with Crippen molar-refractivity contribution in [3.05, 3.63) is 109 Å². The van der Waals surface area contributed by atoms with Crippen LogP contribution in [-0.4, -0.2) is 39.3 Å². The number of carbonyl (C=O) groups excluding carboxylic acids is 2. The number of hydrogen-bond donors (Lipinski definition) is 3. The van der Waals surface area contributed by atoms with Crippen molar-refractivity contribution in [1.82, 2.24) is 5.32 Å². The number of nitrogens with one attached hydrogen (secondary N) is 3. The summed E-state index contributed by atoms with van der Waals surface area (Å²) < 4.78 is 29.8. The summed E-state index contributed by atoms with van der Waals surface area (Å²) in [5.74, 6) is 0.301. The van der Waals surface area contributed by atoms with E-state index >= 15 is 0 Å². The van der Waals surface area contributed by atoms with Gasteiger partial charge in [0.1, 0.15) is 11.8 Å². The van der Waals surface area contributed by atoms with Crippen LogP contribution in [0.2, 0.25) is 0 Å². The Bertz CT molecular complexity index is 1560. The monoisotopic (exact) mass is 557 g/mol. The minimum absolute atomic E-state index is 0.234.